The Morgan fingerprint density at radius 3 is 2.39 bits per heavy atom. The monoisotopic (exact) mass is 370 g/mol. The van der Waals surface area contributed by atoms with Gasteiger partial charge in [-0.3, -0.25) is 4.79 Å². The van der Waals surface area contributed by atoms with Gasteiger partial charge in [0.2, 0.25) is 0 Å². The van der Waals surface area contributed by atoms with Crippen LogP contribution in [-0.4, -0.2) is 22.4 Å². The molecule has 0 saturated heterocycles. The molecule has 2 aromatic carbocycles. The summed E-state index contributed by atoms with van der Waals surface area (Å²) in [5, 5.41) is 10.9. The topological polar surface area (TPSA) is 53.4 Å². The Kier molecular flexibility index (Phi) is 4.94. The quantitative estimate of drug-likeness (QED) is 0.665. The molecule has 3 aromatic rings. The van der Waals surface area contributed by atoms with Crippen molar-refractivity contribution in [2.45, 2.75) is 19.3 Å². The molecular weight excluding hydrogens is 348 g/mol. The minimum Gasteiger partial charge on any atom is -0.507 e. The number of Topliss-reactive ketones (excluding diaryl/α,β-unsaturated/α-hetero) is 1. The minimum atomic E-state index is -0.283. The summed E-state index contributed by atoms with van der Waals surface area (Å²) >= 11 is 0. The number of nitrogens with zero attached hydrogens (tertiary/aromatic N) is 2. The number of rotatable bonds is 5. The Morgan fingerprint density at radius 2 is 1.71 bits per heavy atom. The van der Waals surface area contributed by atoms with Gasteiger partial charge in [-0.15, -0.1) is 0 Å². The molecule has 1 aliphatic rings. The van der Waals surface area contributed by atoms with Gasteiger partial charge < -0.3 is 10.0 Å². The number of hydrogen-bond acceptors (Lipinski definition) is 4. The molecule has 2 heterocycles. The van der Waals surface area contributed by atoms with Crippen LogP contribution in [0.3, 0.4) is 0 Å². The second-order valence-electron chi connectivity index (χ2n) is 6.86. The van der Waals surface area contributed by atoms with Crippen molar-refractivity contribution in [3.05, 3.63) is 95.7 Å². The average molecular weight is 370 g/mol. The first-order valence-electron chi connectivity index (χ1n) is 9.50. The molecule has 0 fully saturated rings. The normalized spacial score (nSPS) is 14.5. The van der Waals surface area contributed by atoms with E-state index >= 15 is 0 Å². The molecule has 0 bridgehead atoms. The molecule has 1 unspecified atom stereocenters. The molecule has 1 aromatic heterocycles. The highest BCUT2D eigenvalue weighted by Gasteiger charge is 2.33. The van der Waals surface area contributed by atoms with Crippen LogP contribution >= 0.6 is 0 Å². The van der Waals surface area contributed by atoms with Gasteiger partial charge in [0.05, 0.1) is 17.7 Å². The van der Waals surface area contributed by atoms with Crippen molar-refractivity contribution in [2.75, 3.05) is 11.4 Å². The van der Waals surface area contributed by atoms with Gasteiger partial charge in [-0.2, -0.15) is 0 Å². The highest BCUT2D eigenvalue weighted by molar-refractivity contribution is 6.08. The zero-order valence-electron chi connectivity index (χ0n) is 15.7. The summed E-state index contributed by atoms with van der Waals surface area (Å²) < 4.78 is 0. The van der Waals surface area contributed by atoms with Crippen molar-refractivity contribution in [2.24, 2.45) is 0 Å². The molecule has 0 amide bonds. The van der Waals surface area contributed by atoms with Crippen LogP contribution in [0.15, 0.2) is 84.6 Å². The van der Waals surface area contributed by atoms with Crippen LogP contribution in [0.25, 0.3) is 5.76 Å². The van der Waals surface area contributed by atoms with Gasteiger partial charge in [0.15, 0.2) is 5.78 Å². The first kappa shape index (κ1) is 18.0. The van der Waals surface area contributed by atoms with Gasteiger partial charge in [0, 0.05) is 17.8 Å². The lowest BCUT2D eigenvalue weighted by atomic mass is 9.86. The Labute approximate surface area is 164 Å². The van der Waals surface area contributed by atoms with E-state index in [1.807, 2.05) is 78.6 Å². The van der Waals surface area contributed by atoms with Crippen LogP contribution < -0.4 is 4.90 Å². The summed E-state index contributed by atoms with van der Waals surface area (Å²) in [4.78, 5) is 19.9. The minimum absolute atomic E-state index is 0.0367. The molecule has 1 atom stereocenters. The molecule has 4 rings (SSSR count). The fourth-order valence-electron chi connectivity index (χ4n) is 3.75. The van der Waals surface area contributed by atoms with Crippen LogP contribution in [0.2, 0.25) is 0 Å². The third-order valence-electron chi connectivity index (χ3n) is 5.19. The molecule has 4 heteroatoms. The van der Waals surface area contributed by atoms with Gasteiger partial charge in [0.25, 0.3) is 0 Å². The van der Waals surface area contributed by atoms with E-state index in [2.05, 4.69) is 4.98 Å². The first-order chi connectivity index (χ1) is 13.7. The third kappa shape index (κ3) is 3.18. The Bertz CT molecular complexity index is 1010. The van der Waals surface area contributed by atoms with E-state index in [1.165, 1.54) is 0 Å². The number of benzene rings is 2. The highest BCUT2D eigenvalue weighted by atomic mass is 16.3. The second-order valence-corrected chi connectivity index (χ2v) is 6.86. The fraction of sp³-hybridized carbons (Fsp3) is 0.167. The van der Waals surface area contributed by atoms with Crippen molar-refractivity contribution in [1.29, 1.82) is 0 Å². The van der Waals surface area contributed by atoms with Gasteiger partial charge in [-0.25, -0.2) is 4.98 Å². The lowest BCUT2D eigenvalue weighted by Gasteiger charge is -2.32. The fourth-order valence-corrected chi connectivity index (χ4v) is 3.75. The predicted octanol–water partition coefficient (Wildman–Crippen LogP) is 5.27. The molecule has 0 radical (unpaired) electrons. The molecule has 4 nitrogen and oxygen atoms in total. The Hall–Kier alpha value is -3.40. The van der Waals surface area contributed by atoms with Gasteiger partial charge >= 0.3 is 0 Å². The SMILES string of the molecule is CCC(C(=O)C1=C(O)c2cccnc2N(c2ccccc2)C1)c1ccccc1. The number of anilines is 2. The van der Waals surface area contributed by atoms with Crippen molar-refractivity contribution >= 4 is 23.0 Å². The van der Waals surface area contributed by atoms with Crippen molar-refractivity contribution in [1.82, 2.24) is 4.98 Å². The van der Waals surface area contributed by atoms with Crippen LogP contribution in [0, 0.1) is 0 Å². The maximum absolute atomic E-state index is 13.5. The smallest absolute Gasteiger partial charge is 0.171 e. The molecule has 140 valence electrons. The molecular formula is C24H22N2O2. The number of hydrogen-bond donors (Lipinski definition) is 1. The molecule has 0 saturated carbocycles. The summed E-state index contributed by atoms with van der Waals surface area (Å²) in [7, 11) is 0. The van der Waals surface area contributed by atoms with E-state index in [0.29, 0.717) is 29.9 Å². The summed E-state index contributed by atoms with van der Waals surface area (Å²) in [5.41, 5.74) is 2.93. The predicted molar refractivity (Wildman–Crippen MR) is 112 cm³/mol. The standard InChI is InChI=1S/C24H22N2O2/c1-2-19(17-10-5-3-6-11-17)22(27)21-16-26(18-12-7-4-8-13-18)24-20(23(21)28)14-9-15-25-24/h3-15,19,28H,2,16H2,1H3. The van der Waals surface area contributed by atoms with Gasteiger partial charge in [0.1, 0.15) is 11.6 Å². The molecule has 1 N–H and O–H groups in total. The number of carbonyl (C=O) groups is 1. The van der Waals surface area contributed by atoms with Crippen molar-refractivity contribution in [3.63, 3.8) is 0 Å². The number of fused-ring (bicyclic) bond motifs is 1. The average Bonchev–Trinajstić information content (AvgIpc) is 2.76. The number of pyridine rings is 1. The zero-order chi connectivity index (χ0) is 19.5. The van der Waals surface area contributed by atoms with E-state index in [-0.39, 0.29) is 17.5 Å². The van der Waals surface area contributed by atoms with Crippen LogP contribution in [0.4, 0.5) is 11.5 Å². The summed E-state index contributed by atoms with van der Waals surface area (Å²) in [6.45, 7) is 2.29. The summed E-state index contributed by atoms with van der Waals surface area (Å²) in [6.07, 6.45) is 2.37. The van der Waals surface area contributed by atoms with Crippen LogP contribution in [-0.2, 0) is 4.79 Å². The van der Waals surface area contributed by atoms with Crippen molar-refractivity contribution in [3.8, 4) is 0 Å². The first-order valence-corrected chi connectivity index (χ1v) is 9.50. The molecule has 0 aliphatic carbocycles. The van der Waals surface area contributed by atoms with Crippen LogP contribution in [0.1, 0.15) is 30.4 Å². The number of aliphatic hydroxyl groups excluding tert-OH is 1. The number of aliphatic hydroxyl groups is 1. The summed E-state index contributed by atoms with van der Waals surface area (Å²) in [5.74, 6) is 0.376. The van der Waals surface area contributed by atoms with E-state index < -0.39 is 0 Å². The van der Waals surface area contributed by atoms with E-state index in [0.717, 1.165) is 11.3 Å². The number of carbonyl (C=O) groups excluding carboxylic acids is 1. The molecule has 1 aliphatic heterocycles. The maximum atomic E-state index is 13.5. The maximum Gasteiger partial charge on any atom is 0.171 e. The Morgan fingerprint density at radius 1 is 1.04 bits per heavy atom. The largest absolute Gasteiger partial charge is 0.507 e. The number of ketones is 1. The van der Waals surface area contributed by atoms with E-state index in [9.17, 15) is 9.90 Å². The number of para-hydroxylation sites is 1. The van der Waals surface area contributed by atoms with Gasteiger partial charge in [-0.1, -0.05) is 55.5 Å². The number of aromatic nitrogens is 1. The zero-order valence-corrected chi connectivity index (χ0v) is 15.7. The molecule has 0 spiro atoms. The third-order valence-corrected chi connectivity index (χ3v) is 5.19. The van der Waals surface area contributed by atoms with Crippen molar-refractivity contribution < 1.29 is 9.90 Å². The highest BCUT2D eigenvalue weighted by Crippen LogP contribution is 2.38. The lowest BCUT2D eigenvalue weighted by Crippen LogP contribution is -2.31. The molecule has 28 heavy (non-hydrogen) atoms. The van der Waals surface area contributed by atoms with E-state index in [1.54, 1.807) is 12.3 Å². The summed E-state index contributed by atoms with van der Waals surface area (Å²) in [6, 6.07) is 23.2. The van der Waals surface area contributed by atoms with E-state index in [4.69, 9.17) is 0 Å². The van der Waals surface area contributed by atoms with Gasteiger partial charge in [-0.05, 0) is 36.2 Å². The van der Waals surface area contributed by atoms with Crippen LogP contribution in [0.5, 0.6) is 0 Å². The second kappa shape index (κ2) is 7.69. The lowest BCUT2D eigenvalue weighted by molar-refractivity contribution is -0.117. The Balaban J connectivity index is 1.79.